The Morgan fingerprint density at radius 2 is 1.09 bits per heavy atom. The van der Waals surface area contributed by atoms with E-state index in [0.717, 1.165) is 16.7 Å². The molecule has 1 aliphatic heterocycles. The first kappa shape index (κ1) is 23.6. The van der Waals surface area contributed by atoms with Crippen molar-refractivity contribution < 1.29 is 29.2 Å². The number of hydrogen-bond donors (Lipinski definition) is 2. The van der Waals surface area contributed by atoms with E-state index >= 15 is 0 Å². The van der Waals surface area contributed by atoms with Crippen LogP contribution in [0, 0.1) is 0 Å². The third-order valence-corrected chi connectivity index (χ3v) is 5.58. The Morgan fingerprint density at radius 3 is 1.64 bits per heavy atom. The van der Waals surface area contributed by atoms with E-state index in [2.05, 4.69) is 0 Å². The summed E-state index contributed by atoms with van der Waals surface area (Å²) in [6, 6.07) is 29.1. The highest BCUT2D eigenvalue weighted by Crippen LogP contribution is 2.27. The van der Waals surface area contributed by atoms with Crippen molar-refractivity contribution in [3.8, 4) is 0 Å². The lowest BCUT2D eigenvalue weighted by Crippen LogP contribution is -2.60. The van der Waals surface area contributed by atoms with Crippen LogP contribution in [0.5, 0.6) is 0 Å². The standard InChI is InChI=1S/C27H30O6/c28-24-23(19-30-16-20-10-4-1-5-11-20)33-27(32-18-22-14-8-3-9-15-22)26(25(24)29)31-17-21-12-6-2-7-13-21/h1-15,23-29H,16-19H2/t23-,24+,25+,26-,27-/m1/s1. The largest absolute Gasteiger partial charge is 0.387 e. The van der Waals surface area contributed by atoms with Crippen molar-refractivity contribution in [3.05, 3.63) is 108 Å². The molecule has 0 aromatic heterocycles. The summed E-state index contributed by atoms with van der Waals surface area (Å²) in [5.74, 6) is 0. The first-order chi connectivity index (χ1) is 16.2. The third-order valence-electron chi connectivity index (χ3n) is 5.58. The van der Waals surface area contributed by atoms with Gasteiger partial charge in [0.05, 0.1) is 26.4 Å². The number of benzene rings is 3. The molecule has 5 atom stereocenters. The van der Waals surface area contributed by atoms with Gasteiger partial charge in [0.15, 0.2) is 6.29 Å². The summed E-state index contributed by atoms with van der Waals surface area (Å²) in [6.45, 7) is 1.05. The highest BCUT2D eigenvalue weighted by atomic mass is 16.7. The van der Waals surface area contributed by atoms with E-state index in [1.807, 2.05) is 91.0 Å². The van der Waals surface area contributed by atoms with Gasteiger partial charge in [-0.2, -0.15) is 0 Å². The fourth-order valence-corrected chi connectivity index (χ4v) is 3.74. The minimum Gasteiger partial charge on any atom is -0.387 e. The van der Waals surface area contributed by atoms with Gasteiger partial charge < -0.3 is 29.2 Å². The van der Waals surface area contributed by atoms with Crippen LogP contribution < -0.4 is 0 Å². The molecule has 4 rings (SSSR count). The molecule has 3 aromatic carbocycles. The zero-order valence-corrected chi connectivity index (χ0v) is 18.4. The molecule has 0 radical (unpaired) electrons. The van der Waals surface area contributed by atoms with Gasteiger partial charge in [-0.05, 0) is 16.7 Å². The Kier molecular flexibility index (Phi) is 8.60. The van der Waals surface area contributed by atoms with Gasteiger partial charge in [-0.25, -0.2) is 0 Å². The molecule has 0 amide bonds. The highest BCUT2D eigenvalue weighted by Gasteiger charge is 2.46. The Hall–Kier alpha value is -2.58. The molecule has 0 bridgehead atoms. The molecule has 0 unspecified atom stereocenters. The molecule has 1 heterocycles. The van der Waals surface area contributed by atoms with E-state index in [4.69, 9.17) is 18.9 Å². The maximum atomic E-state index is 10.9. The molecule has 6 nitrogen and oxygen atoms in total. The molecule has 1 aliphatic rings. The van der Waals surface area contributed by atoms with Crippen LogP contribution in [0.1, 0.15) is 16.7 Å². The predicted molar refractivity (Wildman–Crippen MR) is 123 cm³/mol. The lowest BCUT2D eigenvalue weighted by molar-refractivity contribution is -0.316. The second kappa shape index (κ2) is 12.0. The molecule has 6 heteroatoms. The predicted octanol–water partition coefficient (Wildman–Crippen LogP) is 3.45. The summed E-state index contributed by atoms with van der Waals surface area (Å²) in [6.07, 6.45) is -4.82. The molecular formula is C27H30O6. The highest BCUT2D eigenvalue weighted by molar-refractivity contribution is 5.15. The van der Waals surface area contributed by atoms with Gasteiger partial charge >= 0.3 is 0 Å². The summed E-state index contributed by atoms with van der Waals surface area (Å²) in [5.41, 5.74) is 2.94. The van der Waals surface area contributed by atoms with Crippen LogP contribution in [-0.4, -0.2) is 47.5 Å². The average molecular weight is 451 g/mol. The minimum absolute atomic E-state index is 0.115. The van der Waals surface area contributed by atoms with Crippen LogP contribution in [0.3, 0.4) is 0 Å². The maximum Gasteiger partial charge on any atom is 0.187 e. The summed E-state index contributed by atoms with van der Waals surface area (Å²) in [4.78, 5) is 0. The lowest BCUT2D eigenvalue weighted by Gasteiger charge is -2.42. The normalized spacial score (nSPS) is 25.1. The van der Waals surface area contributed by atoms with Crippen molar-refractivity contribution in [2.75, 3.05) is 6.61 Å². The van der Waals surface area contributed by atoms with Crippen LogP contribution in [0.15, 0.2) is 91.0 Å². The minimum atomic E-state index is -1.19. The van der Waals surface area contributed by atoms with E-state index < -0.39 is 30.7 Å². The van der Waals surface area contributed by atoms with Crippen LogP contribution in [0.4, 0.5) is 0 Å². The second-order valence-electron chi connectivity index (χ2n) is 8.08. The van der Waals surface area contributed by atoms with Gasteiger partial charge in [0.25, 0.3) is 0 Å². The van der Waals surface area contributed by atoms with Crippen molar-refractivity contribution in [1.82, 2.24) is 0 Å². The van der Waals surface area contributed by atoms with Crippen molar-refractivity contribution in [3.63, 3.8) is 0 Å². The van der Waals surface area contributed by atoms with E-state index in [-0.39, 0.29) is 19.8 Å². The molecule has 0 saturated carbocycles. The Morgan fingerprint density at radius 1 is 0.606 bits per heavy atom. The van der Waals surface area contributed by atoms with Crippen molar-refractivity contribution >= 4 is 0 Å². The van der Waals surface area contributed by atoms with E-state index in [0.29, 0.717) is 6.61 Å². The van der Waals surface area contributed by atoms with Crippen LogP contribution in [0.25, 0.3) is 0 Å². The zero-order chi connectivity index (χ0) is 22.9. The first-order valence-electron chi connectivity index (χ1n) is 11.1. The number of hydrogen-bond acceptors (Lipinski definition) is 6. The van der Waals surface area contributed by atoms with Crippen molar-refractivity contribution in [2.45, 2.75) is 50.5 Å². The molecule has 1 fully saturated rings. The quantitative estimate of drug-likeness (QED) is 0.493. The molecule has 33 heavy (non-hydrogen) atoms. The summed E-state index contributed by atoms with van der Waals surface area (Å²) >= 11 is 0. The monoisotopic (exact) mass is 450 g/mol. The topological polar surface area (TPSA) is 77.4 Å². The van der Waals surface area contributed by atoms with Crippen LogP contribution >= 0.6 is 0 Å². The molecular weight excluding hydrogens is 420 g/mol. The first-order valence-corrected chi connectivity index (χ1v) is 11.1. The number of aliphatic hydroxyl groups is 2. The smallest absolute Gasteiger partial charge is 0.187 e. The number of rotatable bonds is 10. The third kappa shape index (κ3) is 6.71. The van der Waals surface area contributed by atoms with E-state index in [1.165, 1.54) is 0 Å². The van der Waals surface area contributed by atoms with Gasteiger partial charge in [0.2, 0.25) is 0 Å². The summed E-state index contributed by atoms with van der Waals surface area (Å²) in [5, 5.41) is 21.6. The molecule has 1 saturated heterocycles. The Labute approximate surface area is 194 Å². The van der Waals surface area contributed by atoms with Crippen LogP contribution in [0.2, 0.25) is 0 Å². The van der Waals surface area contributed by atoms with E-state index in [1.54, 1.807) is 0 Å². The summed E-state index contributed by atoms with van der Waals surface area (Å²) in [7, 11) is 0. The zero-order valence-electron chi connectivity index (χ0n) is 18.4. The fraction of sp³-hybridized carbons (Fsp3) is 0.333. The molecule has 2 N–H and O–H groups in total. The van der Waals surface area contributed by atoms with Gasteiger partial charge in [0, 0.05) is 0 Å². The number of aliphatic hydroxyl groups excluding tert-OH is 2. The van der Waals surface area contributed by atoms with Gasteiger partial charge in [0.1, 0.15) is 24.4 Å². The van der Waals surface area contributed by atoms with Gasteiger partial charge in [-0.1, -0.05) is 91.0 Å². The summed E-state index contributed by atoms with van der Waals surface area (Å²) < 4.78 is 23.8. The van der Waals surface area contributed by atoms with E-state index in [9.17, 15) is 10.2 Å². The van der Waals surface area contributed by atoms with Gasteiger partial charge in [-0.15, -0.1) is 0 Å². The molecule has 0 spiro atoms. The van der Waals surface area contributed by atoms with Gasteiger partial charge in [-0.3, -0.25) is 0 Å². The molecule has 3 aromatic rings. The molecule has 0 aliphatic carbocycles. The Bertz CT molecular complexity index is 935. The average Bonchev–Trinajstić information content (AvgIpc) is 2.87. The van der Waals surface area contributed by atoms with Crippen molar-refractivity contribution in [2.24, 2.45) is 0 Å². The maximum absolute atomic E-state index is 10.9. The second-order valence-corrected chi connectivity index (χ2v) is 8.08. The fourth-order valence-electron chi connectivity index (χ4n) is 3.74. The lowest BCUT2D eigenvalue weighted by atomic mass is 9.99. The Balaban J connectivity index is 1.40. The van der Waals surface area contributed by atoms with Crippen LogP contribution in [-0.2, 0) is 38.8 Å². The molecule has 174 valence electrons. The van der Waals surface area contributed by atoms with Crippen molar-refractivity contribution in [1.29, 1.82) is 0 Å². The SMILES string of the molecule is O[C@@H]1[C@H](O)[C@@H](OCc2ccccc2)[C@H](OCc2ccccc2)O[C@@H]1COCc1ccccc1. The number of ether oxygens (including phenoxy) is 4.